The first-order valence-electron chi connectivity index (χ1n) is 7.40. The molecule has 0 spiro atoms. The number of aromatic nitrogens is 2. The van der Waals surface area contributed by atoms with Crippen LogP contribution in [-0.2, 0) is 16.0 Å². The third-order valence-corrected chi connectivity index (χ3v) is 3.82. The van der Waals surface area contributed by atoms with Crippen LogP contribution in [0.4, 0.5) is 0 Å². The Balaban J connectivity index is 2.28. The Morgan fingerprint density at radius 3 is 2.70 bits per heavy atom. The van der Waals surface area contributed by atoms with E-state index in [1.165, 1.54) is 12.5 Å². The van der Waals surface area contributed by atoms with E-state index in [0.29, 0.717) is 18.5 Å². The van der Waals surface area contributed by atoms with Crippen LogP contribution in [0.15, 0.2) is 28.8 Å². The van der Waals surface area contributed by atoms with Gasteiger partial charge >= 0.3 is 5.97 Å². The fourth-order valence-electron chi connectivity index (χ4n) is 2.79. The van der Waals surface area contributed by atoms with Crippen molar-refractivity contribution in [3.8, 4) is 0 Å². The number of aromatic amines is 1. The van der Waals surface area contributed by atoms with E-state index in [1.54, 1.807) is 6.92 Å². The van der Waals surface area contributed by atoms with Gasteiger partial charge in [0.15, 0.2) is 11.8 Å². The fourth-order valence-corrected chi connectivity index (χ4v) is 2.79. The summed E-state index contributed by atoms with van der Waals surface area (Å²) < 4.78 is 0. The van der Waals surface area contributed by atoms with Gasteiger partial charge in [0.25, 0.3) is 0 Å². The van der Waals surface area contributed by atoms with Crippen molar-refractivity contribution in [3.05, 3.63) is 29.6 Å². The van der Waals surface area contributed by atoms with Crippen LogP contribution in [0, 0.1) is 5.41 Å². The molecule has 1 aliphatic rings. The standard InChI is InChI=1S/C16H21N3O4/c1-9(14-12(20)5-16(2,3)6-13(14)21)19-11(15(22)23)4-10-7-17-8-18-10/h7-8,11,20H,4-6H2,1-3H3,(H,17,18)(H,22,23)/t11-/m0/s1. The van der Waals surface area contributed by atoms with E-state index >= 15 is 0 Å². The zero-order valence-corrected chi connectivity index (χ0v) is 13.5. The Bertz CT molecular complexity index is 672. The molecule has 1 aromatic rings. The van der Waals surface area contributed by atoms with E-state index in [-0.39, 0.29) is 34.7 Å². The van der Waals surface area contributed by atoms with Crippen LogP contribution in [0.3, 0.4) is 0 Å². The predicted octanol–water partition coefficient (Wildman–Crippen LogP) is 2.07. The number of carboxylic acid groups (broad SMARTS) is 1. The fraction of sp³-hybridized carbons (Fsp3) is 0.500. The number of ketones is 1. The molecular weight excluding hydrogens is 298 g/mol. The highest BCUT2D eigenvalue weighted by molar-refractivity contribution is 6.22. The second-order valence-electron chi connectivity index (χ2n) is 6.61. The van der Waals surface area contributed by atoms with Crippen molar-refractivity contribution < 1.29 is 19.8 Å². The average molecular weight is 319 g/mol. The Hall–Kier alpha value is -2.44. The van der Waals surface area contributed by atoms with Gasteiger partial charge in [-0.15, -0.1) is 0 Å². The molecule has 0 radical (unpaired) electrons. The van der Waals surface area contributed by atoms with Gasteiger partial charge in [-0.25, -0.2) is 9.78 Å². The Morgan fingerprint density at radius 2 is 2.17 bits per heavy atom. The monoisotopic (exact) mass is 319 g/mol. The smallest absolute Gasteiger partial charge is 0.328 e. The van der Waals surface area contributed by atoms with Crippen molar-refractivity contribution in [2.24, 2.45) is 10.4 Å². The highest BCUT2D eigenvalue weighted by Gasteiger charge is 2.34. The average Bonchev–Trinajstić information content (AvgIpc) is 2.88. The second-order valence-corrected chi connectivity index (χ2v) is 6.61. The summed E-state index contributed by atoms with van der Waals surface area (Å²) in [6.07, 6.45) is 3.81. The van der Waals surface area contributed by atoms with Crippen molar-refractivity contribution in [1.29, 1.82) is 0 Å². The van der Waals surface area contributed by atoms with Crippen LogP contribution in [0.1, 0.15) is 39.3 Å². The number of Topliss-reactive ketones (excluding diaryl/α,β-unsaturated/α-hetero) is 1. The normalized spacial score (nSPS) is 19.8. The molecule has 0 saturated carbocycles. The van der Waals surface area contributed by atoms with Crippen LogP contribution >= 0.6 is 0 Å². The van der Waals surface area contributed by atoms with Gasteiger partial charge in [0.05, 0.1) is 11.9 Å². The maximum Gasteiger partial charge on any atom is 0.328 e. The van der Waals surface area contributed by atoms with E-state index in [2.05, 4.69) is 15.0 Å². The number of allylic oxidation sites excluding steroid dienone is 2. The number of carbonyl (C=O) groups is 2. The molecule has 1 aromatic heterocycles. The van der Waals surface area contributed by atoms with Gasteiger partial charge in [-0.2, -0.15) is 0 Å². The van der Waals surface area contributed by atoms with Crippen molar-refractivity contribution >= 4 is 17.5 Å². The quantitative estimate of drug-likeness (QED) is 0.718. The highest BCUT2D eigenvalue weighted by atomic mass is 16.4. The molecule has 1 aliphatic carbocycles. The van der Waals surface area contributed by atoms with Crippen LogP contribution in [0.25, 0.3) is 0 Å². The molecule has 124 valence electrons. The summed E-state index contributed by atoms with van der Waals surface area (Å²) >= 11 is 0. The number of rotatable bonds is 5. The third kappa shape index (κ3) is 4.06. The van der Waals surface area contributed by atoms with Crippen molar-refractivity contribution in [2.75, 3.05) is 0 Å². The molecule has 23 heavy (non-hydrogen) atoms. The molecule has 0 aliphatic heterocycles. The number of hydrogen-bond donors (Lipinski definition) is 3. The summed E-state index contributed by atoms with van der Waals surface area (Å²) in [5.41, 5.74) is 0.755. The first-order chi connectivity index (χ1) is 10.7. The molecule has 0 saturated heterocycles. The Kier molecular flexibility index (Phi) is 4.68. The number of aliphatic imine (C=N–C) groups is 1. The van der Waals surface area contributed by atoms with Crippen LogP contribution in [0.5, 0.6) is 0 Å². The number of aliphatic carboxylic acids is 1. The molecule has 7 nitrogen and oxygen atoms in total. The molecule has 0 fully saturated rings. The summed E-state index contributed by atoms with van der Waals surface area (Å²) in [5.74, 6) is -1.31. The van der Waals surface area contributed by atoms with Gasteiger partial charge in [0.1, 0.15) is 5.76 Å². The number of carbonyl (C=O) groups excluding carboxylic acids is 1. The molecule has 0 unspecified atom stereocenters. The van der Waals surface area contributed by atoms with Gasteiger partial charge in [-0.1, -0.05) is 13.8 Å². The lowest BCUT2D eigenvalue weighted by Gasteiger charge is -2.29. The molecule has 3 N–H and O–H groups in total. The maximum absolute atomic E-state index is 12.3. The number of nitrogens with zero attached hydrogens (tertiary/aromatic N) is 2. The Morgan fingerprint density at radius 1 is 1.48 bits per heavy atom. The van der Waals surface area contributed by atoms with E-state index in [1.807, 2.05) is 13.8 Å². The van der Waals surface area contributed by atoms with Gasteiger partial charge in [0.2, 0.25) is 0 Å². The second kappa shape index (κ2) is 6.36. The van der Waals surface area contributed by atoms with Crippen LogP contribution in [-0.4, -0.2) is 43.7 Å². The number of carboxylic acids is 1. The minimum Gasteiger partial charge on any atom is -0.511 e. The van der Waals surface area contributed by atoms with E-state index in [0.717, 1.165) is 0 Å². The van der Waals surface area contributed by atoms with Gasteiger partial charge in [-0.05, 0) is 12.3 Å². The van der Waals surface area contributed by atoms with E-state index < -0.39 is 12.0 Å². The van der Waals surface area contributed by atoms with Gasteiger partial charge in [-0.3, -0.25) is 9.79 Å². The molecule has 7 heteroatoms. The molecule has 1 atom stereocenters. The zero-order valence-electron chi connectivity index (χ0n) is 13.5. The lowest BCUT2D eigenvalue weighted by Crippen LogP contribution is -2.30. The van der Waals surface area contributed by atoms with Crippen LogP contribution < -0.4 is 0 Å². The summed E-state index contributed by atoms with van der Waals surface area (Å²) in [6.45, 7) is 5.37. The number of H-pyrrole nitrogens is 1. The largest absolute Gasteiger partial charge is 0.511 e. The summed E-state index contributed by atoms with van der Waals surface area (Å²) in [6, 6.07) is -1.04. The summed E-state index contributed by atoms with van der Waals surface area (Å²) in [5, 5.41) is 19.5. The lowest BCUT2D eigenvalue weighted by atomic mass is 9.76. The minimum atomic E-state index is -1.09. The Labute approximate surface area is 134 Å². The molecule has 0 bridgehead atoms. The van der Waals surface area contributed by atoms with Gasteiger partial charge < -0.3 is 15.2 Å². The number of nitrogens with one attached hydrogen (secondary N) is 1. The number of aliphatic hydroxyl groups excluding tert-OH is 1. The maximum atomic E-state index is 12.3. The first-order valence-corrected chi connectivity index (χ1v) is 7.40. The molecule has 2 rings (SSSR count). The van der Waals surface area contributed by atoms with E-state index in [9.17, 15) is 19.8 Å². The topological polar surface area (TPSA) is 116 Å². The molecule has 0 aromatic carbocycles. The predicted molar refractivity (Wildman–Crippen MR) is 84.5 cm³/mol. The minimum absolute atomic E-state index is 0.0156. The van der Waals surface area contributed by atoms with Gasteiger partial charge in [0, 0.05) is 36.9 Å². The van der Waals surface area contributed by atoms with Crippen LogP contribution in [0.2, 0.25) is 0 Å². The van der Waals surface area contributed by atoms with Crippen molar-refractivity contribution in [3.63, 3.8) is 0 Å². The van der Waals surface area contributed by atoms with Crippen molar-refractivity contribution in [2.45, 2.75) is 46.1 Å². The SMILES string of the molecule is CC(=N[C@@H](Cc1cnc[nH]1)C(=O)O)C1=C(O)CC(C)(C)CC1=O. The zero-order chi connectivity index (χ0) is 17.2. The molecule has 0 amide bonds. The first kappa shape index (κ1) is 16.9. The van der Waals surface area contributed by atoms with E-state index in [4.69, 9.17) is 0 Å². The highest BCUT2D eigenvalue weighted by Crippen LogP contribution is 2.36. The third-order valence-electron chi connectivity index (χ3n) is 3.82. The number of imidazole rings is 1. The number of hydrogen-bond acceptors (Lipinski definition) is 5. The summed E-state index contributed by atoms with van der Waals surface area (Å²) in [4.78, 5) is 34.5. The molecular formula is C16H21N3O4. The molecule has 1 heterocycles. The summed E-state index contributed by atoms with van der Waals surface area (Å²) in [7, 11) is 0. The number of aliphatic hydroxyl groups is 1. The van der Waals surface area contributed by atoms with Crippen molar-refractivity contribution in [1.82, 2.24) is 9.97 Å². The lowest BCUT2D eigenvalue weighted by molar-refractivity contribution is -0.138.